The molecule has 0 radical (unpaired) electrons. The Kier molecular flexibility index (Phi) is 4.89. The van der Waals surface area contributed by atoms with Gasteiger partial charge in [0.05, 0.1) is 0 Å². The van der Waals surface area contributed by atoms with Crippen molar-refractivity contribution in [2.24, 2.45) is 11.7 Å². The lowest BCUT2D eigenvalue weighted by Crippen LogP contribution is -2.02. The number of hydrogen-bond donors (Lipinski definition) is 2. The van der Waals surface area contributed by atoms with Crippen molar-refractivity contribution in [1.82, 2.24) is 4.98 Å². The third-order valence-corrected chi connectivity index (χ3v) is 1.03. The van der Waals surface area contributed by atoms with Crippen molar-refractivity contribution in [2.75, 3.05) is 0 Å². The van der Waals surface area contributed by atoms with Crippen LogP contribution in [0.25, 0.3) is 0 Å². The lowest BCUT2D eigenvalue weighted by atomic mass is 10.3. The van der Waals surface area contributed by atoms with Gasteiger partial charge in [-0.25, -0.2) is 0 Å². The van der Waals surface area contributed by atoms with Crippen LogP contribution in [0.3, 0.4) is 0 Å². The Bertz CT molecular complexity index is 210. The minimum Gasteiger partial charge on any atom is -0.293 e. The predicted molar refractivity (Wildman–Crippen MR) is 42.6 cm³/mol. The van der Waals surface area contributed by atoms with Gasteiger partial charge in [-0.2, -0.15) is 0 Å². The van der Waals surface area contributed by atoms with Crippen LogP contribution in [0.4, 0.5) is 0 Å². The van der Waals surface area contributed by atoms with Crippen LogP contribution >= 0.6 is 0 Å². The molecule has 0 saturated heterocycles. The summed E-state index contributed by atoms with van der Waals surface area (Å²) in [5.74, 6) is 8.01. The van der Waals surface area contributed by atoms with E-state index in [1.165, 1.54) is 6.92 Å². The van der Waals surface area contributed by atoms with E-state index >= 15 is 0 Å². The highest BCUT2D eigenvalue weighted by Crippen LogP contribution is 1.92. The SMILES string of the molecule is CC(=O)c1ccccn1.NN. The van der Waals surface area contributed by atoms with E-state index in [1.54, 1.807) is 24.4 Å². The molecule has 1 rings (SSSR count). The number of Topliss-reactive ketones (excluding diaryl/α,β-unsaturated/α-hetero) is 1. The first kappa shape index (κ1) is 9.74. The third kappa shape index (κ3) is 3.44. The van der Waals surface area contributed by atoms with Crippen LogP contribution < -0.4 is 11.7 Å². The maximum Gasteiger partial charge on any atom is 0.178 e. The number of hydrogen-bond acceptors (Lipinski definition) is 4. The van der Waals surface area contributed by atoms with E-state index in [2.05, 4.69) is 16.7 Å². The lowest BCUT2D eigenvalue weighted by molar-refractivity contribution is 0.101. The summed E-state index contributed by atoms with van der Waals surface area (Å²) in [6, 6.07) is 5.28. The van der Waals surface area contributed by atoms with Gasteiger partial charge in [0.15, 0.2) is 5.78 Å². The zero-order chi connectivity index (χ0) is 8.69. The average molecular weight is 153 g/mol. The number of rotatable bonds is 1. The Morgan fingerprint density at radius 1 is 1.45 bits per heavy atom. The molecule has 0 aliphatic carbocycles. The van der Waals surface area contributed by atoms with Crippen LogP contribution in [0, 0.1) is 0 Å². The molecule has 60 valence electrons. The highest BCUT2D eigenvalue weighted by atomic mass is 16.1. The second-order valence-corrected chi connectivity index (χ2v) is 1.77. The first-order valence-corrected chi connectivity index (χ1v) is 3.06. The van der Waals surface area contributed by atoms with Gasteiger partial charge in [0.25, 0.3) is 0 Å². The van der Waals surface area contributed by atoms with Gasteiger partial charge in [-0.05, 0) is 12.1 Å². The molecule has 4 heteroatoms. The quantitative estimate of drug-likeness (QED) is 0.340. The number of aromatic nitrogens is 1. The van der Waals surface area contributed by atoms with Crippen LogP contribution in [0.15, 0.2) is 24.4 Å². The van der Waals surface area contributed by atoms with Crippen molar-refractivity contribution in [1.29, 1.82) is 0 Å². The van der Waals surface area contributed by atoms with Gasteiger partial charge in [0.1, 0.15) is 5.69 Å². The molecular formula is C7H11N3O. The zero-order valence-corrected chi connectivity index (χ0v) is 6.32. The van der Waals surface area contributed by atoms with Gasteiger partial charge in [-0.15, -0.1) is 0 Å². The van der Waals surface area contributed by atoms with Crippen molar-refractivity contribution < 1.29 is 4.79 Å². The molecule has 0 aromatic carbocycles. The average Bonchev–Trinajstić information content (AvgIpc) is 2.10. The van der Waals surface area contributed by atoms with Gasteiger partial charge in [0, 0.05) is 13.1 Å². The highest BCUT2D eigenvalue weighted by Gasteiger charge is 1.94. The first-order chi connectivity index (χ1) is 5.30. The normalized spacial score (nSPS) is 7.91. The van der Waals surface area contributed by atoms with Crippen LogP contribution in [0.5, 0.6) is 0 Å². The number of ketones is 1. The molecule has 0 bridgehead atoms. The van der Waals surface area contributed by atoms with E-state index in [4.69, 9.17) is 0 Å². The Labute approximate surface area is 65.2 Å². The molecular weight excluding hydrogens is 142 g/mol. The van der Waals surface area contributed by atoms with Crippen LogP contribution in [-0.2, 0) is 0 Å². The number of nitrogens with two attached hydrogens (primary N) is 2. The molecule has 1 heterocycles. The molecule has 11 heavy (non-hydrogen) atoms. The van der Waals surface area contributed by atoms with Crippen molar-refractivity contribution >= 4 is 5.78 Å². The monoisotopic (exact) mass is 153 g/mol. The summed E-state index contributed by atoms with van der Waals surface area (Å²) in [4.78, 5) is 14.4. The molecule has 4 N–H and O–H groups in total. The van der Waals surface area contributed by atoms with E-state index in [1.807, 2.05) is 0 Å². The molecule has 1 aromatic rings. The fourth-order valence-electron chi connectivity index (χ4n) is 0.571. The second-order valence-electron chi connectivity index (χ2n) is 1.77. The number of carbonyl (C=O) groups is 1. The fourth-order valence-corrected chi connectivity index (χ4v) is 0.571. The minimum absolute atomic E-state index is 0.00981. The van der Waals surface area contributed by atoms with Crippen LogP contribution in [0.2, 0.25) is 0 Å². The smallest absolute Gasteiger partial charge is 0.178 e. The molecule has 1 aromatic heterocycles. The van der Waals surface area contributed by atoms with Crippen LogP contribution in [-0.4, -0.2) is 10.8 Å². The number of nitrogens with zero attached hydrogens (tertiary/aromatic N) is 1. The summed E-state index contributed by atoms with van der Waals surface area (Å²) in [6.45, 7) is 1.50. The summed E-state index contributed by atoms with van der Waals surface area (Å²) >= 11 is 0. The molecule has 0 spiro atoms. The minimum atomic E-state index is 0.00981. The Hall–Kier alpha value is -1.26. The van der Waals surface area contributed by atoms with Gasteiger partial charge >= 0.3 is 0 Å². The topological polar surface area (TPSA) is 82.0 Å². The molecule has 0 unspecified atom stereocenters. The van der Waals surface area contributed by atoms with Gasteiger partial charge in [-0.3, -0.25) is 21.5 Å². The van der Waals surface area contributed by atoms with E-state index in [0.29, 0.717) is 5.69 Å². The molecule has 0 amide bonds. The summed E-state index contributed by atoms with van der Waals surface area (Å²) in [7, 11) is 0. The standard InChI is InChI=1S/C7H7NO.H4N2/c1-6(9)7-4-2-3-5-8-7;1-2/h2-5H,1H3;1-2H2. The maximum atomic E-state index is 10.6. The first-order valence-electron chi connectivity index (χ1n) is 3.06. The van der Waals surface area contributed by atoms with E-state index < -0.39 is 0 Å². The number of hydrazine groups is 1. The van der Waals surface area contributed by atoms with E-state index in [9.17, 15) is 4.79 Å². The molecule has 4 nitrogen and oxygen atoms in total. The Morgan fingerprint density at radius 3 is 2.36 bits per heavy atom. The van der Waals surface area contributed by atoms with Gasteiger partial charge < -0.3 is 0 Å². The van der Waals surface area contributed by atoms with Crippen molar-refractivity contribution in [2.45, 2.75) is 6.92 Å². The predicted octanol–water partition coefficient (Wildman–Crippen LogP) is 0.103. The zero-order valence-electron chi connectivity index (χ0n) is 6.32. The largest absolute Gasteiger partial charge is 0.293 e. The van der Waals surface area contributed by atoms with Crippen molar-refractivity contribution in [3.05, 3.63) is 30.1 Å². The summed E-state index contributed by atoms with van der Waals surface area (Å²) in [6.07, 6.45) is 1.61. The summed E-state index contributed by atoms with van der Waals surface area (Å²) in [5, 5.41) is 0. The maximum absolute atomic E-state index is 10.6. The van der Waals surface area contributed by atoms with Crippen molar-refractivity contribution in [3.8, 4) is 0 Å². The fraction of sp³-hybridized carbons (Fsp3) is 0.143. The summed E-state index contributed by atoms with van der Waals surface area (Å²) < 4.78 is 0. The number of pyridine rings is 1. The van der Waals surface area contributed by atoms with E-state index in [0.717, 1.165) is 0 Å². The molecule has 0 aliphatic heterocycles. The Morgan fingerprint density at radius 2 is 2.09 bits per heavy atom. The molecule has 0 aliphatic rings. The Balaban J connectivity index is 0.000000461. The summed E-state index contributed by atoms with van der Waals surface area (Å²) in [5.41, 5.74) is 0.525. The lowest BCUT2D eigenvalue weighted by Gasteiger charge is -1.88. The molecule has 0 fully saturated rings. The number of carbonyl (C=O) groups excluding carboxylic acids is 1. The highest BCUT2D eigenvalue weighted by molar-refractivity contribution is 5.91. The molecule has 0 saturated carbocycles. The third-order valence-electron chi connectivity index (χ3n) is 1.03. The van der Waals surface area contributed by atoms with Crippen LogP contribution in [0.1, 0.15) is 17.4 Å². The van der Waals surface area contributed by atoms with Gasteiger partial charge in [-0.1, -0.05) is 6.07 Å². The molecule has 0 atom stereocenters. The van der Waals surface area contributed by atoms with Gasteiger partial charge in [0.2, 0.25) is 0 Å². The van der Waals surface area contributed by atoms with E-state index in [-0.39, 0.29) is 5.78 Å². The second kappa shape index (κ2) is 5.52. The van der Waals surface area contributed by atoms with Crippen molar-refractivity contribution in [3.63, 3.8) is 0 Å².